The number of thiophene rings is 1. The average Bonchev–Trinajstić information content (AvgIpc) is 2.75. The van der Waals surface area contributed by atoms with Gasteiger partial charge in [-0.25, -0.2) is 0 Å². The van der Waals surface area contributed by atoms with Gasteiger partial charge in [-0.05, 0) is 55.0 Å². The standard InChI is InChI=1S/C19H19BrN2O2S/c20-13-9-6-12(7-10-13)8-11-16(23)22-19-17(18(21)24)14-4-2-1-3-5-15(14)25-19/h6-11H,1-5H2,(H2,21,24)(H,22,23)/b11-8+. The van der Waals surface area contributed by atoms with Crippen LogP contribution in [0.3, 0.4) is 0 Å². The number of carbonyl (C=O) groups is 2. The number of hydrogen-bond acceptors (Lipinski definition) is 3. The molecule has 6 heteroatoms. The summed E-state index contributed by atoms with van der Waals surface area (Å²) in [4.78, 5) is 25.3. The number of rotatable bonds is 4. The predicted octanol–water partition coefficient (Wildman–Crippen LogP) is 4.53. The summed E-state index contributed by atoms with van der Waals surface area (Å²) in [5.41, 5.74) is 8.03. The number of amides is 2. The first-order chi connectivity index (χ1) is 12.0. The zero-order chi connectivity index (χ0) is 17.8. The van der Waals surface area contributed by atoms with Crippen molar-refractivity contribution in [3.63, 3.8) is 0 Å². The number of benzene rings is 1. The topological polar surface area (TPSA) is 72.2 Å². The van der Waals surface area contributed by atoms with Crippen LogP contribution in [0.2, 0.25) is 0 Å². The second-order valence-electron chi connectivity index (χ2n) is 6.01. The molecular weight excluding hydrogens is 400 g/mol. The SMILES string of the molecule is NC(=O)c1c(NC(=O)/C=C/c2ccc(Br)cc2)sc2c1CCCCC2. The zero-order valence-electron chi connectivity index (χ0n) is 13.7. The summed E-state index contributed by atoms with van der Waals surface area (Å²) in [6.07, 6.45) is 8.35. The van der Waals surface area contributed by atoms with Gasteiger partial charge in [0.25, 0.3) is 5.91 Å². The molecule has 4 nitrogen and oxygen atoms in total. The molecule has 0 spiro atoms. The van der Waals surface area contributed by atoms with Gasteiger partial charge in [-0.1, -0.05) is 34.5 Å². The third kappa shape index (κ3) is 4.38. The minimum Gasteiger partial charge on any atom is -0.365 e. The number of nitrogens with two attached hydrogens (primary N) is 1. The van der Waals surface area contributed by atoms with Crippen molar-refractivity contribution in [3.05, 3.63) is 56.4 Å². The van der Waals surface area contributed by atoms with E-state index in [0.717, 1.165) is 47.7 Å². The molecule has 3 N–H and O–H groups in total. The van der Waals surface area contributed by atoms with Gasteiger partial charge in [0.1, 0.15) is 5.00 Å². The number of fused-ring (bicyclic) bond motifs is 1. The number of carbonyl (C=O) groups excluding carboxylic acids is 2. The van der Waals surface area contributed by atoms with Crippen molar-refractivity contribution in [2.45, 2.75) is 32.1 Å². The van der Waals surface area contributed by atoms with E-state index in [-0.39, 0.29) is 5.91 Å². The molecule has 130 valence electrons. The smallest absolute Gasteiger partial charge is 0.251 e. The fraction of sp³-hybridized carbons (Fsp3) is 0.263. The van der Waals surface area contributed by atoms with Crippen LogP contribution in [0.1, 0.15) is 45.6 Å². The highest BCUT2D eigenvalue weighted by Gasteiger charge is 2.23. The van der Waals surface area contributed by atoms with E-state index in [2.05, 4.69) is 21.2 Å². The molecule has 0 aliphatic heterocycles. The highest BCUT2D eigenvalue weighted by Crippen LogP contribution is 2.37. The molecule has 25 heavy (non-hydrogen) atoms. The lowest BCUT2D eigenvalue weighted by atomic mass is 10.1. The molecule has 0 unspecified atom stereocenters. The van der Waals surface area contributed by atoms with E-state index in [9.17, 15) is 9.59 Å². The van der Waals surface area contributed by atoms with Crippen molar-refractivity contribution >= 4 is 50.2 Å². The lowest BCUT2D eigenvalue weighted by Crippen LogP contribution is -2.16. The van der Waals surface area contributed by atoms with Crippen molar-refractivity contribution in [2.75, 3.05) is 5.32 Å². The van der Waals surface area contributed by atoms with Crippen molar-refractivity contribution in [1.82, 2.24) is 0 Å². The number of primary amides is 1. The van der Waals surface area contributed by atoms with Crippen LogP contribution in [-0.2, 0) is 17.6 Å². The third-order valence-electron chi connectivity index (χ3n) is 4.20. The zero-order valence-corrected chi connectivity index (χ0v) is 16.1. The number of anilines is 1. The third-order valence-corrected chi connectivity index (χ3v) is 5.94. The molecule has 1 aromatic carbocycles. The highest BCUT2D eigenvalue weighted by molar-refractivity contribution is 9.10. The van der Waals surface area contributed by atoms with E-state index in [4.69, 9.17) is 5.73 Å². The fourth-order valence-electron chi connectivity index (χ4n) is 2.99. The summed E-state index contributed by atoms with van der Waals surface area (Å²) < 4.78 is 0.986. The van der Waals surface area contributed by atoms with Gasteiger partial charge >= 0.3 is 0 Å². The van der Waals surface area contributed by atoms with Crippen LogP contribution in [0.4, 0.5) is 5.00 Å². The van der Waals surface area contributed by atoms with Crippen LogP contribution < -0.4 is 11.1 Å². The van der Waals surface area contributed by atoms with Gasteiger partial charge in [0.05, 0.1) is 5.56 Å². The van der Waals surface area contributed by atoms with E-state index in [1.165, 1.54) is 22.3 Å². The summed E-state index contributed by atoms with van der Waals surface area (Å²) in [6.45, 7) is 0. The number of halogens is 1. The van der Waals surface area contributed by atoms with Gasteiger partial charge < -0.3 is 11.1 Å². The second-order valence-corrected chi connectivity index (χ2v) is 8.03. The van der Waals surface area contributed by atoms with Crippen LogP contribution >= 0.6 is 27.3 Å². The Bertz CT molecular complexity index is 825. The molecule has 2 aromatic rings. The first kappa shape index (κ1) is 17.9. The van der Waals surface area contributed by atoms with Crippen molar-refractivity contribution in [2.24, 2.45) is 5.73 Å². The monoisotopic (exact) mass is 418 g/mol. The Morgan fingerprint density at radius 1 is 1.12 bits per heavy atom. The van der Waals surface area contributed by atoms with E-state index in [1.54, 1.807) is 6.08 Å². The van der Waals surface area contributed by atoms with Gasteiger partial charge in [0.2, 0.25) is 5.91 Å². The molecular formula is C19H19BrN2O2S. The Balaban J connectivity index is 1.79. The van der Waals surface area contributed by atoms with Gasteiger partial charge in [-0.2, -0.15) is 0 Å². The summed E-state index contributed by atoms with van der Waals surface area (Å²) in [5, 5.41) is 3.41. The molecule has 0 saturated heterocycles. The Labute approximate surface area is 159 Å². The largest absolute Gasteiger partial charge is 0.365 e. The molecule has 1 aromatic heterocycles. The van der Waals surface area contributed by atoms with E-state index < -0.39 is 5.91 Å². The Kier molecular flexibility index (Phi) is 5.71. The minimum absolute atomic E-state index is 0.262. The first-order valence-electron chi connectivity index (χ1n) is 8.23. The quantitative estimate of drug-likeness (QED) is 0.565. The van der Waals surface area contributed by atoms with Gasteiger partial charge in [-0.15, -0.1) is 11.3 Å². The van der Waals surface area contributed by atoms with Gasteiger partial charge in [-0.3, -0.25) is 9.59 Å². The summed E-state index contributed by atoms with van der Waals surface area (Å²) in [7, 11) is 0. The average molecular weight is 419 g/mol. The van der Waals surface area contributed by atoms with E-state index >= 15 is 0 Å². The van der Waals surface area contributed by atoms with E-state index in [0.29, 0.717) is 10.6 Å². The number of aryl methyl sites for hydroxylation is 1. The van der Waals surface area contributed by atoms with Crippen LogP contribution in [0.25, 0.3) is 6.08 Å². The molecule has 0 radical (unpaired) electrons. The summed E-state index contributed by atoms with van der Waals surface area (Å²) in [5.74, 6) is -0.728. The second kappa shape index (κ2) is 7.97. The summed E-state index contributed by atoms with van der Waals surface area (Å²) in [6, 6.07) is 7.66. The predicted molar refractivity (Wildman–Crippen MR) is 106 cm³/mol. The van der Waals surface area contributed by atoms with Crippen LogP contribution in [0.15, 0.2) is 34.8 Å². The maximum Gasteiger partial charge on any atom is 0.251 e. The maximum absolute atomic E-state index is 12.3. The molecule has 2 amide bonds. The molecule has 0 atom stereocenters. The van der Waals surface area contributed by atoms with Crippen LogP contribution in [-0.4, -0.2) is 11.8 Å². The fourth-order valence-corrected chi connectivity index (χ4v) is 4.55. The molecule has 3 rings (SSSR count). The molecule has 0 saturated carbocycles. The maximum atomic E-state index is 12.3. The highest BCUT2D eigenvalue weighted by atomic mass is 79.9. The van der Waals surface area contributed by atoms with Crippen molar-refractivity contribution < 1.29 is 9.59 Å². The normalized spacial score (nSPS) is 14.1. The number of hydrogen-bond donors (Lipinski definition) is 2. The first-order valence-corrected chi connectivity index (χ1v) is 9.84. The minimum atomic E-state index is -0.466. The van der Waals surface area contributed by atoms with Crippen molar-refractivity contribution in [1.29, 1.82) is 0 Å². The van der Waals surface area contributed by atoms with Crippen LogP contribution in [0.5, 0.6) is 0 Å². The molecule has 0 fully saturated rings. The van der Waals surface area contributed by atoms with Gasteiger partial charge in [0, 0.05) is 15.4 Å². The van der Waals surface area contributed by atoms with Crippen LogP contribution in [0, 0.1) is 0 Å². The lowest BCUT2D eigenvalue weighted by molar-refractivity contribution is -0.111. The van der Waals surface area contributed by atoms with Gasteiger partial charge in [0.15, 0.2) is 0 Å². The lowest BCUT2D eigenvalue weighted by Gasteiger charge is -2.04. The summed E-state index contributed by atoms with van der Waals surface area (Å²) >= 11 is 4.86. The Hall–Kier alpha value is -1.92. The molecule has 0 bridgehead atoms. The Morgan fingerprint density at radius 2 is 1.84 bits per heavy atom. The van der Waals surface area contributed by atoms with Crippen molar-refractivity contribution in [3.8, 4) is 0 Å². The molecule has 1 aliphatic rings. The molecule has 1 aliphatic carbocycles. The molecule has 1 heterocycles. The van der Waals surface area contributed by atoms with E-state index in [1.807, 2.05) is 24.3 Å². The Morgan fingerprint density at radius 3 is 2.56 bits per heavy atom. The number of nitrogens with one attached hydrogen (secondary N) is 1.